The SMILES string of the molecule is O.O.O.O.[AlH3].[NaH]. The first-order valence-corrected chi connectivity index (χ1v) is 0. The van der Waals surface area contributed by atoms with E-state index in [0.29, 0.717) is 0 Å². The molecule has 0 saturated carbocycles. The molecule has 0 aromatic heterocycles. The van der Waals surface area contributed by atoms with Gasteiger partial charge in [-0.2, -0.15) is 0 Å². The second kappa shape index (κ2) is 97.6. The van der Waals surface area contributed by atoms with Gasteiger partial charge in [-0.05, 0) is 0 Å². The molecular weight excluding hydrogens is 114 g/mol. The van der Waals surface area contributed by atoms with E-state index in [1.165, 1.54) is 0 Å². The van der Waals surface area contributed by atoms with Gasteiger partial charge in [0.15, 0.2) is 17.4 Å². The van der Waals surface area contributed by atoms with Crippen LogP contribution < -0.4 is 0 Å². The van der Waals surface area contributed by atoms with Gasteiger partial charge in [0, 0.05) is 0 Å². The van der Waals surface area contributed by atoms with Crippen LogP contribution in [0, 0.1) is 0 Å². The first-order valence-electron chi connectivity index (χ1n) is 0. The van der Waals surface area contributed by atoms with Crippen LogP contribution >= 0.6 is 0 Å². The fourth-order valence-corrected chi connectivity index (χ4v) is 0. The van der Waals surface area contributed by atoms with Crippen LogP contribution in [0.25, 0.3) is 0 Å². The molecule has 0 aliphatic carbocycles. The summed E-state index contributed by atoms with van der Waals surface area (Å²) in [6, 6.07) is 0. The van der Waals surface area contributed by atoms with Gasteiger partial charge in [-0.15, -0.1) is 0 Å². The molecule has 4 nitrogen and oxygen atoms in total. The molecule has 0 atom stereocenters. The molecule has 0 heterocycles. The zero-order valence-corrected chi connectivity index (χ0v) is 2.00. The molecule has 0 saturated heterocycles. The van der Waals surface area contributed by atoms with Gasteiger partial charge < -0.3 is 21.9 Å². The Morgan fingerprint density at radius 1 is 0.500 bits per heavy atom. The van der Waals surface area contributed by atoms with Crippen molar-refractivity contribution in [2.24, 2.45) is 0 Å². The Hall–Kier alpha value is 1.37. The summed E-state index contributed by atoms with van der Waals surface area (Å²) in [5.74, 6) is 0. The van der Waals surface area contributed by atoms with Crippen molar-refractivity contribution in [1.29, 1.82) is 0 Å². The maximum absolute atomic E-state index is 0. The molecule has 0 aliphatic rings. The molecule has 0 aromatic rings. The Bertz CT molecular complexity index is 7.51. The molecule has 0 spiro atoms. The van der Waals surface area contributed by atoms with Gasteiger partial charge in [-0.1, -0.05) is 0 Å². The van der Waals surface area contributed by atoms with Crippen LogP contribution in [0.4, 0.5) is 0 Å². The fourth-order valence-electron chi connectivity index (χ4n) is 0. The third kappa shape index (κ3) is 54.5. The number of hydrogen-bond acceptors (Lipinski definition) is 0. The molecule has 0 aromatic carbocycles. The molecule has 40 valence electrons. The van der Waals surface area contributed by atoms with Crippen LogP contribution in [-0.2, 0) is 0 Å². The molecule has 6 heteroatoms. The normalized spacial score (nSPS) is 0. The van der Waals surface area contributed by atoms with Gasteiger partial charge in [0.2, 0.25) is 0 Å². The summed E-state index contributed by atoms with van der Waals surface area (Å²) in [7, 11) is 0. The van der Waals surface area contributed by atoms with Gasteiger partial charge in [0.1, 0.15) is 0 Å². The first-order chi connectivity index (χ1) is 0. The van der Waals surface area contributed by atoms with E-state index in [0.717, 1.165) is 0 Å². The Balaban J connectivity index is 0. The van der Waals surface area contributed by atoms with Crippen LogP contribution in [0.1, 0.15) is 0 Å². The zero-order chi connectivity index (χ0) is 0. The third-order valence-corrected chi connectivity index (χ3v) is 0. The van der Waals surface area contributed by atoms with E-state index in [4.69, 9.17) is 0 Å². The molecule has 0 rings (SSSR count). The van der Waals surface area contributed by atoms with Crippen molar-refractivity contribution < 1.29 is 21.9 Å². The van der Waals surface area contributed by atoms with Gasteiger partial charge >= 0.3 is 29.6 Å². The van der Waals surface area contributed by atoms with E-state index >= 15 is 0 Å². The van der Waals surface area contributed by atoms with Crippen molar-refractivity contribution in [2.75, 3.05) is 0 Å². The van der Waals surface area contributed by atoms with E-state index < -0.39 is 0 Å². The van der Waals surface area contributed by atoms with Gasteiger partial charge in [-0.25, -0.2) is 0 Å². The summed E-state index contributed by atoms with van der Waals surface area (Å²) in [5, 5.41) is 0. The zero-order valence-electron chi connectivity index (χ0n) is 2.00. The minimum absolute atomic E-state index is 0. The van der Waals surface area contributed by atoms with Crippen molar-refractivity contribution in [3.8, 4) is 0 Å². The Morgan fingerprint density at radius 2 is 0.500 bits per heavy atom. The minimum atomic E-state index is 0. The standard InChI is InChI=1S/Al.Na.4H2O.4H/h;;4*1H2;;;;. The first kappa shape index (κ1) is 159. The molecule has 0 fully saturated rings. The van der Waals surface area contributed by atoms with Crippen LogP contribution in [0.2, 0.25) is 0 Å². The summed E-state index contributed by atoms with van der Waals surface area (Å²) in [6.45, 7) is 0. The molecule has 0 amide bonds. The Kier molecular flexibility index (Phi) is 2590. The molecule has 0 aliphatic heterocycles. The predicted molar refractivity (Wildman–Crippen MR) is 31.5 cm³/mol. The predicted octanol–water partition coefficient (Wildman–Crippen LogP) is -5.13. The van der Waals surface area contributed by atoms with Gasteiger partial charge in [0.05, 0.1) is 0 Å². The van der Waals surface area contributed by atoms with Crippen LogP contribution in [-0.4, -0.2) is 68.8 Å². The Morgan fingerprint density at radius 3 is 0.500 bits per heavy atom. The van der Waals surface area contributed by atoms with E-state index in [1.807, 2.05) is 0 Å². The topological polar surface area (TPSA) is 126 Å². The third-order valence-electron chi connectivity index (χ3n) is 0. The van der Waals surface area contributed by atoms with Crippen molar-refractivity contribution in [3.63, 3.8) is 0 Å². The second-order valence-electron chi connectivity index (χ2n) is 0. The van der Waals surface area contributed by atoms with Gasteiger partial charge in [-0.3, -0.25) is 0 Å². The van der Waals surface area contributed by atoms with E-state index in [9.17, 15) is 0 Å². The van der Waals surface area contributed by atoms with E-state index in [-0.39, 0.29) is 68.8 Å². The van der Waals surface area contributed by atoms with Gasteiger partial charge in [0.25, 0.3) is 0 Å². The number of rotatable bonds is 0. The molecule has 0 bridgehead atoms. The van der Waals surface area contributed by atoms with Crippen molar-refractivity contribution in [3.05, 3.63) is 0 Å². The summed E-state index contributed by atoms with van der Waals surface area (Å²) in [5.41, 5.74) is 0. The average molecular weight is 126 g/mol. The van der Waals surface area contributed by atoms with Crippen molar-refractivity contribution >= 4 is 46.9 Å². The second-order valence-corrected chi connectivity index (χ2v) is 0. The van der Waals surface area contributed by atoms with Crippen LogP contribution in [0.15, 0.2) is 0 Å². The molecule has 8 N–H and O–H groups in total. The summed E-state index contributed by atoms with van der Waals surface area (Å²) < 4.78 is 0. The van der Waals surface area contributed by atoms with Crippen molar-refractivity contribution in [1.82, 2.24) is 0 Å². The monoisotopic (exact) mass is 126 g/mol. The van der Waals surface area contributed by atoms with E-state index in [1.54, 1.807) is 0 Å². The molecule has 6 heavy (non-hydrogen) atoms. The number of hydrogen-bond donors (Lipinski definition) is 0. The summed E-state index contributed by atoms with van der Waals surface area (Å²) in [6.07, 6.45) is 0. The molecular formula is H12AlNaO4. The van der Waals surface area contributed by atoms with Crippen LogP contribution in [0.3, 0.4) is 0 Å². The fraction of sp³-hybridized carbons (Fsp3) is 0. The maximum atomic E-state index is 0. The van der Waals surface area contributed by atoms with E-state index in [2.05, 4.69) is 0 Å². The summed E-state index contributed by atoms with van der Waals surface area (Å²) in [4.78, 5) is 0. The molecule has 0 unspecified atom stereocenters. The summed E-state index contributed by atoms with van der Waals surface area (Å²) >= 11 is 0. The van der Waals surface area contributed by atoms with Crippen molar-refractivity contribution in [2.45, 2.75) is 0 Å². The quantitative estimate of drug-likeness (QED) is 0.288. The van der Waals surface area contributed by atoms with Crippen LogP contribution in [0.5, 0.6) is 0 Å². The average Bonchev–Trinajstić information content (AvgIpc) is 0. The Labute approximate surface area is 68.6 Å². The molecule has 0 radical (unpaired) electrons.